The first-order valence-corrected chi connectivity index (χ1v) is 7.28. The van der Waals surface area contributed by atoms with Crippen molar-refractivity contribution in [1.82, 2.24) is 5.32 Å². The van der Waals surface area contributed by atoms with Crippen LogP contribution in [0.15, 0.2) is 41.1 Å². The van der Waals surface area contributed by atoms with Gasteiger partial charge < -0.3 is 5.32 Å². The van der Waals surface area contributed by atoms with E-state index in [2.05, 4.69) is 5.32 Å². The van der Waals surface area contributed by atoms with Crippen LogP contribution in [0.3, 0.4) is 0 Å². The van der Waals surface area contributed by atoms with Crippen molar-refractivity contribution in [1.29, 1.82) is 0 Å². The first-order valence-electron chi connectivity index (χ1n) is 6.34. The number of halogens is 3. The van der Waals surface area contributed by atoms with Gasteiger partial charge in [0.1, 0.15) is 0 Å². The summed E-state index contributed by atoms with van der Waals surface area (Å²) >= 11 is 1.51. The smallest absolute Gasteiger partial charge is 0.349 e. The average Bonchev–Trinajstić information content (AvgIpc) is 2.90. The van der Waals surface area contributed by atoms with E-state index in [-0.39, 0.29) is 18.4 Å². The molecule has 1 N–H and O–H groups in total. The number of rotatable bonds is 4. The van der Waals surface area contributed by atoms with Gasteiger partial charge in [0.15, 0.2) is 0 Å². The lowest BCUT2D eigenvalue weighted by molar-refractivity contribution is -0.137. The molecule has 0 aliphatic rings. The normalized spacial score (nSPS) is 13.0. The molecule has 1 aromatic carbocycles. The van der Waals surface area contributed by atoms with E-state index in [1.54, 1.807) is 6.92 Å². The maximum atomic E-state index is 12.5. The van der Waals surface area contributed by atoms with Gasteiger partial charge in [-0.2, -0.15) is 24.5 Å². The van der Waals surface area contributed by atoms with Crippen molar-refractivity contribution in [3.05, 3.63) is 57.8 Å². The van der Waals surface area contributed by atoms with E-state index in [0.29, 0.717) is 5.56 Å². The van der Waals surface area contributed by atoms with E-state index in [9.17, 15) is 18.0 Å². The Hall–Kier alpha value is -1.82. The van der Waals surface area contributed by atoms with Crippen molar-refractivity contribution in [2.45, 2.75) is 25.6 Å². The zero-order valence-corrected chi connectivity index (χ0v) is 12.1. The molecule has 1 atom stereocenters. The number of nitrogens with one attached hydrogen (secondary N) is 1. The number of carbonyl (C=O) groups excluding carboxylic acids is 1. The van der Waals surface area contributed by atoms with Gasteiger partial charge in [0.25, 0.3) is 0 Å². The van der Waals surface area contributed by atoms with Crippen LogP contribution in [-0.4, -0.2) is 5.91 Å². The topological polar surface area (TPSA) is 29.1 Å². The SMILES string of the molecule is C[C@H](NC(=O)Cc1ccsc1)c1ccc(C(F)(F)F)cc1. The standard InChI is InChI=1S/C15H14F3NOS/c1-10(19-14(20)8-11-6-7-21-9-11)12-2-4-13(5-3-12)15(16,17)18/h2-7,9-10H,8H2,1H3,(H,19,20)/t10-/m0/s1. The molecule has 1 amide bonds. The highest BCUT2D eigenvalue weighted by Crippen LogP contribution is 2.29. The number of carbonyl (C=O) groups is 1. The number of thiophene rings is 1. The molecule has 0 spiro atoms. The molecule has 2 nitrogen and oxygen atoms in total. The lowest BCUT2D eigenvalue weighted by Gasteiger charge is -2.15. The first-order chi connectivity index (χ1) is 9.86. The molecule has 2 aromatic rings. The van der Waals surface area contributed by atoms with E-state index in [4.69, 9.17) is 0 Å². The van der Waals surface area contributed by atoms with Crippen LogP contribution in [0.1, 0.15) is 29.7 Å². The molecule has 21 heavy (non-hydrogen) atoms. The molecular weight excluding hydrogens is 299 g/mol. The van der Waals surface area contributed by atoms with Crippen molar-refractivity contribution in [2.24, 2.45) is 0 Å². The van der Waals surface area contributed by atoms with Crippen molar-refractivity contribution >= 4 is 17.2 Å². The van der Waals surface area contributed by atoms with Crippen LogP contribution in [0.25, 0.3) is 0 Å². The van der Waals surface area contributed by atoms with Crippen LogP contribution in [0.2, 0.25) is 0 Å². The largest absolute Gasteiger partial charge is 0.416 e. The quantitative estimate of drug-likeness (QED) is 0.901. The monoisotopic (exact) mass is 313 g/mol. The Balaban J connectivity index is 1.96. The molecule has 0 saturated carbocycles. The zero-order chi connectivity index (χ0) is 15.5. The fourth-order valence-electron chi connectivity index (χ4n) is 1.92. The summed E-state index contributed by atoms with van der Waals surface area (Å²) in [5, 5.41) is 6.56. The van der Waals surface area contributed by atoms with Crippen molar-refractivity contribution in [3.63, 3.8) is 0 Å². The molecule has 0 radical (unpaired) electrons. The minimum Gasteiger partial charge on any atom is -0.349 e. The molecule has 1 heterocycles. The highest BCUT2D eigenvalue weighted by molar-refractivity contribution is 7.07. The van der Waals surface area contributed by atoms with E-state index in [1.807, 2.05) is 16.8 Å². The van der Waals surface area contributed by atoms with Crippen molar-refractivity contribution in [2.75, 3.05) is 0 Å². The number of alkyl halides is 3. The summed E-state index contributed by atoms with van der Waals surface area (Å²) in [6, 6.07) is 6.36. The zero-order valence-electron chi connectivity index (χ0n) is 11.3. The van der Waals surface area contributed by atoms with Crippen LogP contribution >= 0.6 is 11.3 Å². The Labute approximate surface area is 124 Å². The molecule has 2 rings (SSSR count). The number of hydrogen-bond acceptors (Lipinski definition) is 2. The average molecular weight is 313 g/mol. The minimum absolute atomic E-state index is 0.152. The molecule has 0 bridgehead atoms. The van der Waals surface area contributed by atoms with Gasteiger partial charge in [-0.25, -0.2) is 0 Å². The molecule has 0 aliphatic heterocycles. The third kappa shape index (κ3) is 4.32. The van der Waals surface area contributed by atoms with Gasteiger partial charge in [0.2, 0.25) is 5.91 Å². The van der Waals surface area contributed by atoms with Gasteiger partial charge in [-0.1, -0.05) is 12.1 Å². The summed E-state index contributed by atoms with van der Waals surface area (Å²) in [5.74, 6) is -0.152. The fraction of sp³-hybridized carbons (Fsp3) is 0.267. The summed E-state index contributed by atoms with van der Waals surface area (Å²) < 4.78 is 37.4. The molecule has 0 unspecified atom stereocenters. The van der Waals surface area contributed by atoms with E-state index < -0.39 is 11.7 Å². The van der Waals surface area contributed by atoms with Crippen LogP contribution in [0.5, 0.6) is 0 Å². The first kappa shape index (κ1) is 15.6. The van der Waals surface area contributed by atoms with Crippen LogP contribution < -0.4 is 5.32 Å². The summed E-state index contributed by atoms with van der Waals surface area (Å²) in [6.45, 7) is 1.74. The second-order valence-electron chi connectivity index (χ2n) is 4.72. The second-order valence-corrected chi connectivity index (χ2v) is 5.50. The van der Waals surface area contributed by atoms with Crippen molar-refractivity contribution in [3.8, 4) is 0 Å². The van der Waals surface area contributed by atoms with E-state index >= 15 is 0 Å². The lowest BCUT2D eigenvalue weighted by Crippen LogP contribution is -2.28. The van der Waals surface area contributed by atoms with Gasteiger partial charge in [0, 0.05) is 0 Å². The Bertz CT molecular complexity index is 590. The van der Waals surface area contributed by atoms with Gasteiger partial charge in [-0.3, -0.25) is 4.79 Å². The molecular formula is C15H14F3NOS. The maximum Gasteiger partial charge on any atom is 0.416 e. The number of benzene rings is 1. The van der Waals surface area contributed by atoms with Crippen LogP contribution in [-0.2, 0) is 17.4 Å². The van der Waals surface area contributed by atoms with Gasteiger partial charge in [-0.15, -0.1) is 0 Å². The highest BCUT2D eigenvalue weighted by Gasteiger charge is 2.30. The predicted octanol–water partition coefficient (Wildman–Crippen LogP) is 4.19. The van der Waals surface area contributed by atoms with Crippen LogP contribution in [0, 0.1) is 0 Å². The number of hydrogen-bond donors (Lipinski definition) is 1. The third-order valence-electron chi connectivity index (χ3n) is 3.06. The summed E-state index contributed by atoms with van der Waals surface area (Å²) in [7, 11) is 0. The molecule has 1 aromatic heterocycles. The van der Waals surface area contributed by atoms with E-state index in [0.717, 1.165) is 17.7 Å². The third-order valence-corrected chi connectivity index (χ3v) is 3.79. The Morgan fingerprint density at radius 1 is 1.24 bits per heavy atom. The molecule has 6 heteroatoms. The molecule has 112 valence electrons. The number of amides is 1. The summed E-state index contributed by atoms with van der Waals surface area (Å²) in [5.41, 5.74) is 0.877. The summed E-state index contributed by atoms with van der Waals surface area (Å²) in [6.07, 6.45) is -4.07. The lowest BCUT2D eigenvalue weighted by atomic mass is 10.1. The Kier molecular flexibility index (Phi) is 4.67. The van der Waals surface area contributed by atoms with Gasteiger partial charge in [-0.05, 0) is 47.0 Å². The van der Waals surface area contributed by atoms with Crippen molar-refractivity contribution < 1.29 is 18.0 Å². The van der Waals surface area contributed by atoms with Gasteiger partial charge >= 0.3 is 6.18 Å². The van der Waals surface area contributed by atoms with E-state index in [1.165, 1.54) is 23.5 Å². The molecule has 0 saturated heterocycles. The Morgan fingerprint density at radius 2 is 1.90 bits per heavy atom. The minimum atomic E-state index is -4.34. The fourth-order valence-corrected chi connectivity index (χ4v) is 2.58. The second kappa shape index (κ2) is 6.30. The summed E-state index contributed by atoms with van der Waals surface area (Å²) in [4.78, 5) is 11.8. The molecule has 0 aliphatic carbocycles. The predicted molar refractivity (Wildman–Crippen MR) is 76.0 cm³/mol. The van der Waals surface area contributed by atoms with Gasteiger partial charge in [0.05, 0.1) is 18.0 Å². The maximum absolute atomic E-state index is 12.5. The highest BCUT2D eigenvalue weighted by atomic mass is 32.1. The Morgan fingerprint density at radius 3 is 2.43 bits per heavy atom. The molecule has 0 fully saturated rings. The van der Waals surface area contributed by atoms with Crippen LogP contribution in [0.4, 0.5) is 13.2 Å².